The lowest BCUT2D eigenvalue weighted by molar-refractivity contribution is -0.120. The van der Waals surface area contributed by atoms with E-state index in [9.17, 15) is 5.11 Å². The van der Waals surface area contributed by atoms with Gasteiger partial charge in [0.05, 0.1) is 0 Å². The van der Waals surface area contributed by atoms with E-state index in [2.05, 4.69) is 0 Å². The standard InChI is InChI=1S/C12H18O3S/c1-3-14-12(15-4-2)9-16-11-8-6-5-7-10(11)13/h5-8,12-13H,3-4,9H2,1-2H3. The van der Waals surface area contributed by atoms with Gasteiger partial charge in [0, 0.05) is 23.9 Å². The average molecular weight is 242 g/mol. The Hall–Kier alpha value is -0.710. The van der Waals surface area contributed by atoms with Gasteiger partial charge in [-0.25, -0.2) is 0 Å². The summed E-state index contributed by atoms with van der Waals surface area (Å²) in [5, 5.41) is 9.58. The molecule has 1 rings (SSSR count). The molecule has 0 heterocycles. The molecule has 4 heteroatoms. The molecule has 0 aromatic heterocycles. The van der Waals surface area contributed by atoms with E-state index >= 15 is 0 Å². The maximum Gasteiger partial charge on any atom is 0.166 e. The molecule has 0 bridgehead atoms. The van der Waals surface area contributed by atoms with Crippen LogP contribution in [0.25, 0.3) is 0 Å². The number of hydrogen-bond donors (Lipinski definition) is 1. The minimum absolute atomic E-state index is 0.209. The highest BCUT2D eigenvalue weighted by Crippen LogP contribution is 2.28. The average Bonchev–Trinajstić information content (AvgIpc) is 2.28. The molecule has 0 aliphatic rings. The molecule has 0 unspecified atom stereocenters. The van der Waals surface area contributed by atoms with E-state index in [0.717, 1.165) is 4.90 Å². The SMILES string of the molecule is CCOC(CSc1ccccc1O)OCC. The first-order valence-electron chi connectivity index (χ1n) is 5.41. The lowest BCUT2D eigenvalue weighted by atomic mass is 10.3. The minimum atomic E-state index is -0.209. The maximum atomic E-state index is 9.58. The maximum absolute atomic E-state index is 9.58. The number of phenolic OH excluding ortho intramolecular Hbond substituents is 1. The van der Waals surface area contributed by atoms with E-state index < -0.39 is 0 Å². The Labute approximate surface area is 101 Å². The van der Waals surface area contributed by atoms with Crippen molar-refractivity contribution >= 4 is 11.8 Å². The van der Waals surface area contributed by atoms with Crippen LogP contribution in [0.1, 0.15) is 13.8 Å². The van der Waals surface area contributed by atoms with Crippen molar-refractivity contribution in [3.63, 3.8) is 0 Å². The van der Waals surface area contributed by atoms with Gasteiger partial charge in [-0.3, -0.25) is 0 Å². The highest BCUT2D eigenvalue weighted by molar-refractivity contribution is 7.99. The normalized spacial score (nSPS) is 10.9. The summed E-state index contributed by atoms with van der Waals surface area (Å²) < 4.78 is 10.8. The fourth-order valence-electron chi connectivity index (χ4n) is 1.25. The number of rotatable bonds is 7. The summed E-state index contributed by atoms with van der Waals surface area (Å²) in [5.74, 6) is 0.985. The van der Waals surface area contributed by atoms with Crippen LogP contribution in [0.3, 0.4) is 0 Å². The molecule has 0 saturated carbocycles. The van der Waals surface area contributed by atoms with Gasteiger partial charge in [-0.15, -0.1) is 11.8 Å². The fraction of sp³-hybridized carbons (Fsp3) is 0.500. The molecular formula is C12H18O3S. The minimum Gasteiger partial charge on any atom is -0.507 e. The van der Waals surface area contributed by atoms with Crippen molar-refractivity contribution < 1.29 is 14.6 Å². The summed E-state index contributed by atoms with van der Waals surface area (Å²) in [6.45, 7) is 5.14. The van der Waals surface area contributed by atoms with Crippen LogP contribution in [-0.2, 0) is 9.47 Å². The Balaban J connectivity index is 2.45. The zero-order chi connectivity index (χ0) is 11.8. The van der Waals surface area contributed by atoms with Crippen molar-refractivity contribution in [1.29, 1.82) is 0 Å². The number of aromatic hydroxyl groups is 1. The fourth-order valence-corrected chi connectivity index (χ4v) is 2.15. The molecule has 90 valence electrons. The third kappa shape index (κ3) is 4.43. The highest BCUT2D eigenvalue weighted by atomic mass is 32.2. The number of phenols is 1. The van der Waals surface area contributed by atoms with Gasteiger partial charge in [0.2, 0.25) is 0 Å². The summed E-state index contributed by atoms with van der Waals surface area (Å²) in [6, 6.07) is 7.27. The van der Waals surface area contributed by atoms with Crippen molar-refractivity contribution in [3.05, 3.63) is 24.3 Å². The van der Waals surface area contributed by atoms with Crippen molar-refractivity contribution in [1.82, 2.24) is 0 Å². The van der Waals surface area contributed by atoms with Gasteiger partial charge in [-0.1, -0.05) is 12.1 Å². The van der Waals surface area contributed by atoms with E-state index in [0.29, 0.717) is 24.7 Å². The van der Waals surface area contributed by atoms with Crippen LogP contribution in [0.4, 0.5) is 0 Å². The predicted octanol–water partition coefficient (Wildman–Crippen LogP) is 2.88. The number of hydrogen-bond acceptors (Lipinski definition) is 4. The molecule has 1 aromatic carbocycles. The Morgan fingerprint density at radius 3 is 2.38 bits per heavy atom. The van der Waals surface area contributed by atoms with Gasteiger partial charge in [-0.05, 0) is 26.0 Å². The van der Waals surface area contributed by atoms with Crippen LogP contribution < -0.4 is 0 Å². The molecule has 0 atom stereocenters. The summed E-state index contributed by atoms with van der Waals surface area (Å²) in [6.07, 6.45) is -0.209. The highest BCUT2D eigenvalue weighted by Gasteiger charge is 2.09. The largest absolute Gasteiger partial charge is 0.507 e. The summed E-state index contributed by atoms with van der Waals surface area (Å²) in [5.41, 5.74) is 0. The Bertz CT molecular complexity index is 298. The molecule has 0 spiro atoms. The monoisotopic (exact) mass is 242 g/mol. The Morgan fingerprint density at radius 1 is 1.19 bits per heavy atom. The van der Waals surface area contributed by atoms with Crippen LogP contribution in [0.2, 0.25) is 0 Å². The van der Waals surface area contributed by atoms with E-state index in [1.54, 1.807) is 6.07 Å². The van der Waals surface area contributed by atoms with Crippen LogP contribution in [0.15, 0.2) is 29.2 Å². The summed E-state index contributed by atoms with van der Waals surface area (Å²) in [4.78, 5) is 0.854. The third-order valence-corrected chi connectivity index (χ3v) is 3.04. The molecule has 0 fully saturated rings. The smallest absolute Gasteiger partial charge is 0.166 e. The lowest BCUT2D eigenvalue weighted by Gasteiger charge is -2.16. The first-order valence-corrected chi connectivity index (χ1v) is 6.40. The molecule has 16 heavy (non-hydrogen) atoms. The second kappa shape index (κ2) is 7.54. The van der Waals surface area contributed by atoms with Crippen molar-refractivity contribution in [2.45, 2.75) is 25.0 Å². The first-order chi connectivity index (χ1) is 7.77. The molecular weight excluding hydrogens is 224 g/mol. The molecule has 0 aliphatic carbocycles. The lowest BCUT2D eigenvalue weighted by Crippen LogP contribution is -2.19. The van der Waals surface area contributed by atoms with Gasteiger partial charge in [0.15, 0.2) is 6.29 Å². The van der Waals surface area contributed by atoms with E-state index in [-0.39, 0.29) is 6.29 Å². The van der Waals surface area contributed by atoms with Crippen LogP contribution in [0.5, 0.6) is 5.75 Å². The van der Waals surface area contributed by atoms with Crippen LogP contribution >= 0.6 is 11.8 Å². The Kier molecular flexibility index (Phi) is 6.30. The molecule has 1 N–H and O–H groups in total. The topological polar surface area (TPSA) is 38.7 Å². The molecule has 3 nitrogen and oxygen atoms in total. The predicted molar refractivity (Wildman–Crippen MR) is 65.9 cm³/mol. The molecule has 0 saturated heterocycles. The Morgan fingerprint density at radius 2 is 1.81 bits per heavy atom. The van der Waals surface area contributed by atoms with Gasteiger partial charge in [0.1, 0.15) is 5.75 Å². The second-order valence-electron chi connectivity index (χ2n) is 3.12. The van der Waals surface area contributed by atoms with E-state index in [1.165, 1.54) is 11.8 Å². The second-order valence-corrected chi connectivity index (χ2v) is 4.18. The van der Waals surface area contributed by atoms with Crippen molar-refractivity contribution in [3.8, 4) is 5.75 Å². The molecule has 0 amide bonds. The molecule has 0 radical (unpaired) electrons. The van der Waals surface area contributed by atoms with Crippen molar-refractivity contribution in [2.24, 2.45) is 0 Å². The van der Waals surface area contributed by atoms with Gasteiger partial charge in [0.25, 0.3) is 0 Å². The van der Waals surface area contributed by atoms with Crippen LogP contribution in [-0.4, -0.2) is 30.4 Å². The van der Waals surface area contributed by atoms with E-state index in [1.807, 2.05) is 32.0 Å². The van der Waals surface area contributed by atoms with Gasteiger partial charge < -0.3 is 14.6 Å². The number of benzene rings is 1. The van der Waals surface area contributed by atoms with Crippen LogP contribution in [0, 0.1) is 0 Å². The number of ether oxygens (including phenoxy) is 2. The molecule has 0 aliphatic heterocycles. The molecule has 1 aromatic rings. The summed E-state index contributed by atoms with van der Waals surface area (Å²) in [7, 11) is 0. The zero-order valence-electron chi connectivity index (χ0n) is 9.68. The van der Waals surface area contributed by atoms with Crippen molar-refractivity contribution in [2.75, 3.05) is 19.0 Å². The quantitative estimate of drug-likeness (QED) is 0.589. The zero-order valence-corrected chi connectivity index (χ0v) is 10.5. The van der Waals surface area contributed by atoms with Gasteiger partial charge in [-0.2, -0.15) is 0 Å². The summed E-state index contributed by atoms with van der Waals surface area (Å²) >= 11 is 1.54. The van der Waals surface area contributed by atoms with E-state index in [4.69, 9.17) is 9.47 Å². The number of para-hydroxylation sites is 1. The number of thioether (sulfide) groups is 1. The van der Waals surface area contributed by atoms with Gasteiger partial charge >= 0.3 is 0 Å². The first kappa shape index (κ1) is 13.4. The third-order valence-electron chi connectivity index (χ3n) is 1.95.